The van der Waals surface area contributed by atoms with E-state index >= 15 is 0 Å². The monoisotopic (exact) mass is 428 g/mol. The average molecular weight is 428 g/mol. The van der Waals surface area contributed by atoms with E-state index in [9.17, 15) is 19.7 Å². The minimum absolute atomic E-state index is 0.100. The van der Waals surface area contributed by atoms with E-state index in [4.69, 9.17) is 9.47 Å². The van der Waals surface area contributed by atoms with Crippen LogP contribution >= 0.6 is 0 Å². The molecule has 0 saturated carbocycles. The normalized spacial score (nSPS) is 11.3. The van der Waals surface area contributed by atoms with Crippen molar-refractivity contribution in [3.05, 3.63) is 62.0 Å². The van der Waals surface area contributed by atoms with Gasteiger partial charge in [-0.05, 0) is 52.7 Å². The number of benzene rings is 1. The van der Waals surface area contributed by atoms with Gasteiger partial charge in [-0.3, -0.25) is 19.7 Å². The van der Waals surface area contributed by atoms with Crippen LogP contribution in [0.4, 0.5) is 5.69 Å². The largest absolute Gasteiger partial charge is 0.485 e. The summed E-state index contributed by atoms with van der Waals surface area (Å²) in [5, 5.41) is 11.7. The van der Waals surface area contributed by atoms with E-state index < -0.39 is 16.5 Å². The van der Waals surface area contributed by atoms with Crippen LogP contribution in [0.3, 0.4) is 0 Å². The molecule has 0 amide bonds. The smallest absolute Gasteiger partial charge is 0.308 e. The number of ether oxygens (including phenoxy) is 2. The second kappa shape index (κ2) is 10.6. The fraction of sp³-hybridized carbons (Fsp3) is 0.391. The number of pyridine rings is 1. The van der Waals surface area contributed by atoms with E-state index in [0.717, 1.165) is 18.4 Å². The summed E-state index contributed by atoms with van der Waals surface area (Å²) in [4.78, 5) is 35.3. The van der Waals surface area contributed by atoms with Crippen LogP contribution in [0.1, 0.15) is 47.5 Å². The third kappa shape index (κ3) is 6.04. The molecule has 2 aromatic rings. The van der Waals surface area contributed by atoms with Crippen LogP contribution in [0.5, 0.6) is 11.5 Å². The topological polar surface area (TPSA) is 101 Å². The highest BCUT2D eigenvalue weighted by molar-refractivity contribution is 5.90. The molecule has 1 aromatic carbocycles. The second-order valence-electron chi connectivity index (χ2n) is 7.44. The summed E-state index contributed by atoms with van der Waals surface area (Å²) in [6.07, 6.45) is 5.85. The lowest BCUT2D eigenvalue weighted by atomic mass is 10.1. The molecule has 1 aromatic heterocycles. The molecule has 0 radical (unpaired) electrons. The van der Waals surface area contributed by atoms with Gasteiger partial charge in [-0.25, -0.2) is 0 Å². The number of esters is 1. The van der Waals surface area contributed by atoms with Gasteiger partial charge in [-0.2, -0.15) is 0 Å². The minimum Gasteiger partial charge on any atom is -0.485 e. The highest BCUT2D eigenvalue weighted by atomic mass is 16.6. The molecular weight excluding hydrogens is 400 g/mol. The molecule has 0 bridgehead atoms. The maximum absolute atomic E-state index is 13.0. The zero-order chi connectivity index (χ0) is 23.1. The van der Waals surface area contributed by atoms with Gasteiger partial charge in [0.1, 0.15) is 6.61 Å². The van der Waals surface area contributed by atoms with Crippen molar-refractivity contribution in [3.63, 3.8) is 0 Å². The number of carbonyl (C=O) groups excluding carboxylic acids is 1. The van der Waals surface area contributed by atoms with E-state index in [2.05, 4.69) is 6.08 Å². The van der Waals surface area contributed by atoms with Gasteiger partial charge in [-0.15, -0.1) is 0 Å². The first-order chi connectivity index (χ1) is 14.6. The zero-order valence-corrected chi connectivity index (χ0v) is 18.6. The Bertz CT molecular complexity index is 1110. The lowest BCUT2D eigenvalue weighted by Gasteiger charge is -2.16. The number of aryl methyl sites for hydroxylation is 1. The summed E-state index contributed by atoms with van der Waals surface area (Å²) >= 11 is 0. The SMILES string of the molecule is CCn1c(=O)c(OC(C)=O)c(OCC=C(C)CCC=C(C)C)c2ccc([N+](=O)[O-])cc21. The summed E-state index contributed by atoms with van der Waals surface area (Å²) < 4.78 is 12.4. The number of rotatable bonds is 9. The standard InChI is InChI=1S/C23H28N2O6/c1-6-24-20-14-18(25(28)29)10-11-19(20)21(22(23(24)27)31-17(5)26)30-13-12-16(4)9-7-8-15(2)3/h8,10-12,14H,6-7,9,13H2,1-5H3. The van der Waals surface area contributed by atoms with Crippen LogP contribution < -0.4 is 15.0 Å². The number of non-ortho nitro benzene ring substituents is 1. The van der Waals surface area contributed by atoms with Gasteiger partial charge in [0, 0.05) is 31.0 Å². The summed E-state index contributed by atoms with van der Waals surface area (Å²) in [6, 6.07) is 4.16. The third-order valence-electron chi connectivity index (χ3n) is 4.69. The maximum Gasteiger partial charge on any atom is 0.308 e. The van der Waals surface area contributed by atoms with Crippen LogP contribution in [-0.2, 0) is 11.3 Å². The van der Waals surface area contributed by atoms with Gasteiger partial charge < -0.3 is 14.0 Å². The first-order valence-corrected chi connectivity index (χ1v) is 10.1. The van der Waals surface area contributed by atoms with Gasteiger partial charge in [0.15, 0.2) is 5.75 Å². The molecule has 31 heavy (non-hydrogen) atoms. The van der Waals surface area contributed by atoms with Gasteiger partial charge >= 0.3 is 5.97 Å². The molecule has 8 nitrogen and oxygen atoms in total. The molecule has 0 aliphatic carbocycles. The first-order valence-electron chi connectivity index (χ1n) is 10.1. The highest BCUT2D eigenvalue weighted by Gasteiger charge is 2.22. The molecule has 0 aliphatic rings. The summed E-state index contributed by atoms with van der Waals surface area (Å²) in [6.45, 7) is 9.43. The number of nitrogens with zero attached hydrogens (tertiary/aromatic N) is 2. The quantitative estimate of drug-likeness (QED) is 0.243. The van der Waals surface area contributed by atoms with Crippen LogP contribution in [0, 0.1) is 10.1 Å². The minimum atomic E-state index is -0.653. The summed E-state index contributed by atoms with van der Waals surface area (Å²) in [7, 11) is 0. The fourth-order valence-electron chi connectivity index (χ4n) is 3.15. The van der Waals surface area contributed by atoms with Gasteiger partial charge in [0.05, 0.1) is 10.4 Å². The van der Waals surface area contributed by atoms with E-state index in [1.165, 1.54) is 35.3 Å². The van der Waals surface area contributed by atoms with Gasteiger partial charge in [0.25, 0.3) is 11.2 Å². The third-order valence-corrected chi connectivity index (χ3v) is 4.69. The Labute approximate surface area is 180 Å². The molecule has 0 N–H and O–H groups in total. The summed E-state index contributed by atoms with van der Waals surface area (Å²) in [5.74, 6) is -0.770. The number of hydrogen-bond acceptors (Lipinski definition) is 6. The number of nitro benzene ring substituents is 1. The Balaban J connectivity index is 2.51. The van der Waals surface area contributed by atoms with Crippen molar-refractivity contribution >= 4 is 22.6 Å². The zero-order valence-electron chi connectivity index (χ0n) is 18.6. The second-order valence-corrected chi connectivity index (χ2v) is 7.44. The predicted molar refractivity (Wildman–Crippen MR) is 120 cm³/mol. The van der Waals surface area contributed by atoms with Gasteiger partial charge in [-0.1, -0.05) is 17.2 Å². The Morgan fingerprint density at radius 2 is 1.87 bits per heavy atom. The molecule has 2 rings (SSSR count). The van der Waals surface area contributed by atoms with Crippen molar-refractivity contribution in [2.24, 2.45) is 0 Å². The van der Waals surface area contributed by atoms with Crippen molar-refractivity contribution in [2.45, 2.75) is 54.0 Å². The molecule has 0 atom stereocenters. The van der Waals surface area contributed by atoms with E-state index in [-0.39, 0.29) is 30.3 Å². The van der Waals surface area contributed by atoms with E-state index in [1.807, 2.05) is 26.8 Å². The molecule has 0 fully saturated rings. The number of carbonyl (C=O) groups is 1. The average Bonchev–Trinajstić information content (AvgIpc) is 2.69. The van der Waals surface area contributed by atoms with Crippen LogP contribution in [0.15, 0.2) is 46.3 Å². The number of nitro groups is 1. The Morgan fingerprint density at radius 1 is 1.16 bits per heavy atom. The van der Waals surface area contributed by atoms with Crippen molar-refractivity contribution in [1.82, 2.24) is 4.57 Å². The van der Waals surface area contributed by atoms with Crippen molar-refractivity contribution in [1.29, 1.82) is 0 Å². The molecule has 0 saturated heterocycles. The van der Waals surface area contributed by atoms with E-state index in [0.29, 0.717) is 10.9 Å². The van der Waals surface area contributed by atoms with E-state index in [1.54, 1.807) is 6.92 Å². The Kier molecular flexibility index (Phi) is 8.13. The molecular formula is C23H28N2O6. The van der Waals surface area contributed by atoms with Crippen LogP contribution in [-0.4, -0.2) is 22.1 Å². The number of hydrogen-bond donors (Lipinski definition) is 0. The molecule has 0 aliphatic heterocycles. The molecule has 0 unspecified atom stereocenters. The lowest BCUT2D eigenvalue weighted by Crippen LogP contribution is -2.24. The summed E-state index contributed by atoms with van der Waals surface area (Å²) in [5.41, 5.74) is 2.00. The van der Waals surface area contributed by atoms with Crippen molar-refractivity contribution in [2.75, 3.05) is 6.61 Å². The fourth-order valence-corrected chi connectivity index (χ4v) is 3.15. The Morgan fingerprint density at radius 3 is 2.45 bits per heavy atom. The number of aromatic nitrogens is 1. The highest BCUT2D eigenvalue weighted by Crippen LogP contribution is 2.35. The molecule has 166 valence electrons. The van der Waals surface area contributed by atoms with Crippen LogP contribution in [0.2, 0.25) is 0 Å². The van der Waals surface area contributed by atoms with Crippen molar-refractivity contribution in [3.8, 4) is 11.5 Å². The van der Waals surface area contributed by atoms with Crippen molar-refractivity contribution < 1.29 is 19.2 Å². The predicted octanol–water partition coefficient (Wildman–Crippen LogP) is 4.93. The number of allylic oxidation sites excluding steroid dienone is 3. The molecule has 8 heteroatoms. The maximum atomic E-state index is 13.0. The lowest BCUT2D eigenvalue weighted by molar-refractivity contribution is -0.384. The molecule has 0 spiro atoms. The van der Waals surface area contributed by atoms with Gasteiger partial charge in [0.2, 0.25) is 5.75 Å². The molecule has 1 heterocycles. The number of fused-ring (bicyclic) bond motifs is 1. The van der Waals surface area contributed by atoms with Crippen LogP contribution in [0.25, 0.3) is 10.9 Å². The Hall–Kier alpha value is -3.42. The first kappa shape index (κ1) is 23.9.